The van der Waals surface area contributed by atoms with Crippen molar-refractivity contribution >= 4 is 25.9 Å². The molecule has 0 bridgehead atoms. The van der Waals surface area contributed by atoms with E-state index in [9.17, 15) is 21.4 Å². The Morgan fingerprint density at radius 3 is 2.04 bits per heavy atom. The van der Waals surface area contributed by atoms with Gasteiger partial charge in [-0.15, -0.1) is 0 Å². The zero-order chi connectivity index (χ0) is 20.5. The molecule has 9 heteroatoms. The second-order valence-electron chi connectivity index (χ2n) is 7.76. The third-order valence-electron chi connectivity index (χ3n) is 4.26. The van der Waals surface area contributed by atoms with Gasteiger partial charge in [0.2, 0.25) is 0 Å². The Hall–Kier alpha value is -1.03. The van der Waals surface area contributed by atoms with Crippen LogP contribution < -0.4 is 0 Å². The molecule has 0 aromatic rings. The van der Waals surface area contributed by atoms with Crippen molar-refractivity contribution in [2.45, 2.75) is 53.5 Å². The molecule has 0 atom stereocenters. The summed E-state index contributed by atoms with van der Waals surface area (Å²) in [5.41, 5.74) is 2.58. The van der Waals surface area contributed by atoms with E-state index in [4.69, 9.17) is 4.55 Å². The van der Waals surface area contributed by atoms with E-state index >= 15 is 0 Å². The van der Waals surface area contributed by atoms with Gasteiger partial charge in [0.1, 0.15) is 12.3 Å². The molecule has 0 aliphatic carbocycles. The molecule has 0 radical (unpaired) electrons. The molecule has 1 heterocycles. The summed E-state index contributed by atoms with van der Waals surface area (Å²) in [7, 11) is -8.23. The van der Waals surface area contributed by atoms with Crippen molar-refractivity contribution in [1.82, 2.24) is 0 Å². The molecular weight excluding hydrogens is 378 g/mol. The second-order valence-corrected chi connectivity index (χ2v) is 10.8. The van der Waals surface area contributed by atoms with Crippen molar-refractivity contribution < 1.29 is 30.5 Å². The summed E-state index contributed by atoms with van der Waals surface area (Å²) in [5.74, 6) is -0.752. The van der Waals surface area contributed by atoms with Gasteiger partial charge in [-0.3, -0.25) is 9.11 Å². The van der Waals surface area contributed by atoms with Gasteiger partial charge in [0.25, 0.3) is 20.2 Å². The SMILES string of the molecule is CC(C)=C1C(CS(=O)(=O)O)=CC(C)(C)[N+](CCCS(=O)(=O)O)=C1C(C)C. The third-order valence-corrected chi connectivity index (χ3v) is 5.74. The zero-order valence-electron chi connectivity index (χ0n) is 16.3. The van der Waals surface area contributed by atoms with Crippen LogP contribution in [0.2, 0.25) is 0 Å². The largest absolute Gasteiger partial charge is 0.286 e. The van der Waals surface area contributed by atoms with Crippen LogP contribution in [0.1, 0.15) is 48.0 Å². The highest BCUT2D eigenvalue weighted by Gasteiger charge is 2.41. The lowest BCUT2D eigenvalue weighted by atomic mass is 9.83. The van der Waals surface area contributed by atoms with Gasteiger partial charge < -0.3 is 0 Å². The molecule has 0 aromatic heterocycles. The van der Waals surface area contributed by atoms with E-state index in [0.29, 0.717) is 12.1 Å². The highest BCUT2D eigenvalue weighted by atomic mass is 32.2. The predicted molar refractivity (Wildman–Crippen MR) is 103 cm³/mol. The second kappa shape index (κ2) is 7.92. The van der Waals surface area contributed by atoms with E-state index in [1.165, 1.54) is 0 Å². The van der Waals surface area contributed by atoms with E-state index in [-0.39, 0.29) is 18.1 Å². The van der Waals surface area contributed by atoms with Gasteiger partial charge >= 0.3 is 0 Å². The van der Waals surface area contributed by atoms with Crippen molar-refractivity contribution in [3.8, 4) is 0 Å². The molecule has 0 saturated carbocycles. The number of hydrogen-bond acceptors (Lipinski definition) is 4. The minimum atomic E-state index is -4.19. The molecule has 1 rings (SSSR count). The fraction of sp³-hybridized carbons (Fsp3) is 0.706. The van der Waals surface area contributed by atoms with Crippen LogP contribution in [-0.2, 0) is 20.2 Å². The van der Waals surface area contributed by atoms with Crippen LogP contribution in [0.15, 0.2) is 22.8 Å². The van der Waals surface area contributed by atoms with E-state index in [2.05, 4.69) is 4.58 Å². The quantitative estimate of drug-likeness (QED) is 0.494. The molecule has 0 saturated heterocycles. The molecule has 0 aromatic carbocycles. The van der Waals surface area contributed by atoms with Crippen LogP contribution in [0.5, 0.6) is 0 Å². The van der Waals surface area contributed by atoms with Crippen molar-refractivity contribution in [3.05, 3.63) is 22.8 Å². The first-order valence-corrected chi connectivity index (χ1v) is 11.7. The van der Waals surface area contributed by atoms with Crippen molar-refractivity contribution in [2.24, 2.45) is 5.92 Å². The monoisotopic (exact) mass is 408 g/mol. The van der Waals surface area contributed by atoms with Gasteiger partial charge in [0.05, 0.1) is 5.75 Å². The Morgan fingerprint density at radius 1 is 1.12 bits per heavy atom. The zero-order valence-corrected chi connectivity index (χ0v) is 17.9. The molecule has 0 amide bonds. The summed E-state index contributed by atoms with van der Waals surface area (Å²) >= 11 is 0. The fourth-order valence-corrected chi connectivity index (χ4v) is 4.60. The van der Waals surface area contributed by atoms with Crippen LogP contribution in [0, 0.1) is 5.92 Å². The van der Waals surface area contributed by atoms with E-state index < -0.39 is 31.5 Å². The molecule has 7 nitrogen and oxygen atoms in total. The first-order chi connectivity index (χ1) is 11.6. The van der Waals surface area contributed by atoms with Crippen molar-refractivity contribution in [2.75, 3.05) is 18.1 Å². The first-order valence-electron chi connectivity index (χ1n) is 8.50. The molecule has 1 aliphatic rings. The van der Waals surface area contributed by atoms with Crippen molar-refractivity contribution in [1.29, 1.82) is 0 Å². The maximum Gasteiger partial charge on any atom is 0.269 e. The van der Waals surface area contributed by atoms with Gasteiger partial charge in [-0.25, -0.2) is 4.58 Å². The van der Waals surface area contributed by atoms with E-state index in [1.54, 1.807) is 0 Å². The minimum absolute atomic E-state index is 0.0509. The maximum atomic E-state index is 11.5. The summed E-state index contributed by atoms with van der Waals surface area (Å²) in [6.07, 6.45) is 2.05. The first kappa shape index (κ1) is 23.0. The Bertz CT molecular complexity index is 855. The smallest absolute Gasteiger partial charge is 0.269 e. The summed E-state index contributed by atoms with van der Waals surface area (Å²) in [6.45, 7) is 11.9. The molecule has 0 spiro atoms. The molecule has 2 N–H and O–H groups in total. The lowest BCUT2D eigenvalue weighted by Gasteiger charge is -2.32. The van der Waals surface area contributed by atoms with Crippen LogP contribution in [0.4, 0.5) is 0 Å². The summed E-state index contributed by atoms with van der Waals surface area (Å²) in [5, 5.41) is 0. The molecule has 1 aliphatic heterocycles. The Kier molecular flexibility index (Phi) is 7.01. The Labute approximate surface area is 157 Å². The Morgan fingerprint density at radius 2 is 1.65 bits per heavy atom. The average molecular weight is 409 g/mol. The van der Waals surface area contributed by atoms with Crippen molar-refractivity contribution in [3.63, 3.8) is 0 Å². The van der Waals surface area contributed by atoms with Crippen LogP contribution in [-0.4, -0.2) is 59.8 Å². The standard InChI is InChI=1S/C17H29NO6S2/c1-12(2)15-14(11-26(22,23)24)10-17(5,6)18(16(15)13(3)4)8-7-9-25(19,20)21/h10,13H,7-9,11H2,1-6H3,(H-,19,20,21,22,23,24)/p+1. The van der Waals surface area contributed by atoms with Gasteiger partial charge in [-0.05, 0) is 25.5 Å². The topological polar surface area (TPSA) is 112 Å². The van der Waals surface area contributed by atoms with Crippen LogP contribution in [0.25, 0.3) is 0 Å². The fourth-order valence-electron chi connectivity index (χ4n) is 3.49. The highest BCUT2D eigenvalue weighted by molar-refractivity contribution is 7.86. The summed E-state index contributed by atoms with van der Waals surface area (Å²) in [4.78, 5) is 0. The molecule has 26 heavy (non-hydrogen) atoms. The number of nitrogens with zero attached hydrogens (tertiary/aromatic N) is 1. The van der Waals surface area contributed by atoms with E-state index in [1.807, 2.05) is 47.6 Å². The lowest BCUT2D eigenvalue weighted by molar-refractivity contribution is -0.590. The summed E-state index contributed by atoms with van der Waals surface area (Å²) < 4.78 is 65.5. The van der Waals surface area contributed by atoms with E-state index in [0.717, 1.165) is 16.9 Å². The number of hydrogen-bond donors (Lipinski definition) is 2. The number of allylic oxidation sites excluding steroid dienone is 2. The maximum absolute atomic E-state index is 11.5. The Balaban J connectivity index is 3.51. The predicted octanol–water partition coefficient (Wildman–Crippen LogP) is 2.32. The van der Waals surface area contributed by atoms with Gasteiger partial charge in [-0.2, -0.15) is 16.8 Å². The normalized spacial score (nSPS) is 18.3. The summed E-state index contributed by atoms with van der Waals surface area (Å²) in [6, 6.07) is 0. The third kappa shape index (κ3) is 6.29. The van der Waals surface area contributed by atoms with Gasteiger partial charge in [0.15, 0.2) is 11.3 Å². The highest BCUT2D eigenvalue weighted by Crippen LogP contribution is 2.32. The van der Waals surface area contributed by atoms with Crippen LogP contribution in [0.3, 0.4) is 0 Å². The minimum Gasteiger partial charge on any atom is -0.286 e. The van der Waals surface area contributed by atoms with Gasteiger partial charge in [-0.1, -0.05) is 19.4 Å². The number of rotatable bonds is 7. The molecule has 0 fully saturated rings. The lowest BCUT2D eigenvalue weighted by Crippen LogP contribution is -2.46. The molecule has 0 unspecified atom stereocenters. The molecular formula is C17H30NO6S2+. The van der Waals surface area contributed by atoms with Crippen LogP contribution >= 0.6 is 0 Å². The molecule has 150 valence electrons. The average Bonchev–Trinajstić information content (AvgIpc) is 2.35. The van der Waals surface area contributed by atoms with Gasteiger partial charge in [0, 0.05) is 31.8 Å².